The molecule has 0 aromatic carbocycles. The summed E-state index contributed by atoms with van der Waals surface area (Å²) in [5, 5.41) is 0. The second kappa shape index (κ2) is 5.34. The molecule has 1 aliphatic carbocycles. The molecule has 0 atom stereocenters. The summed E-state index contributed by atoms with van der Waals surface area (Å²) in [4.78, 5) is 26.0. The van der Waals surface area contributed by atoms with Crippen LogP contribution >= 0.6 is 12.2 Å². The van der Waals surface area contributed by atoms with Crippen molar-refractivity contribution in [3.63, 3.8) is 0 Å². The number of piperidine rings is 1. The molecule has 2 N–H and O–H groups in total. The maximum atomic E-state index is 12.1. The van der Waals surface area contributed by atoms with Crippen LogP contribution in [0.5, 0.6) is 0 Å². The minimum absolute atomic E-state index is 0.00362. The number of rotatable bonds is 4. The fraction of sp³-hybridized carbons (Fsp3) is 0.769. The van der Waals surface area contributed by atoms with Crippen molar-refractivity contribution < 1.29 is 9.59 Å². The third-order valence-corrected chi connectivity index (χ3v) is 4.33. The van der Waals surface area contributed by atoms with E-state index in [0.29, 0.717) is 37.2 Å². The van der Waals surface area contributed by atoms with E-state index in [9.17, 15) is 9.59 Å². The van der Waals surface area contributed by atoms with E-state index >= 15 is 0 Å². The van der Waals surface area contributed by atoms with Gasteiger partial charge < -0.3 is 5.73 Å². The average Bonchev–Trinajstić information content (AvgIpc) is 2.70. The van der Waals surface area contributed by atoms with Gasteiger partial charge in [-0.15, -0.1) is 0 Å². The molecule has 100 valence electrons. The third-order valence-electron chi connectivity index (χ3n) is 4.12. The molecule has 2 aliphatic rings. The van der Waals surface area contributed by atoms with Crippen molar-refractivity contribution in [1.82, 2.24) is 4.90 Å². The standard InChI is InChI=1S/C13H20N2O2S/c14-10(18)4-3-7-15-11(16)8-13(9-12(15)17)5-1-2-6-13/h1-9H2,(H2,14,18). The summed E-state index contributed by atoms with van der Waals surface area (Å²) in [6, 6.07) is 0. The Morgan fingerprint density at radius 1 is 1.22 bits per heavy atom. The van der Waals surface area contributed by atoms with Crippen LogP contribution in [0.15, 0.2) is 0 Å². The molecule has 4 nitrogen and oxygen atoms in total. The van der Waals surface area contributed by atoms with E-state index < -0.39 is 0 Å². The van der Waals surface area contributed by atoms with Crippen LogP contribution in [0, 0.1) is 5.41 Å². The van der Waals surface area contributed by atoms with Gasteiger partial charge in [-0.3, -0.25) is 14.5 Å². The Bertz CT molecular complexity index is 355. The van der Waals surface area contributed by atoms with Gasteiger partial charge in [0, 0.05) is 19.4 Å². The topological polar surface area (TPSA) is 63.4 Å². The van der Waals surface area contributed by atoms with Crippen LogP contribution < -0.4 is 5.73 Å². The van der Waals surface area contributed by atoms with Crippen molar-refractivity contribution in [3.05, 3.63) is 0 Å². The van der Waals surface area contributed by atoms with Crippen LogP contribution in [0.2, 0.25) is 0 Å². The number of thiocarbonyl (C=S) groups is 1. The fourth-order valence-electron chi connectivity index (χ4n) is 3.17. The van der Waals surface area contributed by atoms with E-state index in [1.807, 2.05) is 0 Å². The largest absolute Gasteiger partial charge is 0.393 e. The Kier molecular flexibility index (Phi) is 4.00. The minimum Gasteiger partial charge on any atom is -0.393 e. The molecule has 2 rings (SSSR count). The first-order valence-electron chi connectivity index (χ1n) is 6.64. The van der Waals surface area contributed by atoms with Crippen LogP contribution in [-0.2, 0) is 9.59 Å². The molecule has 0 aromatic rings. The van der Waals surface area contributed by atoms with Crippen molar-refractivity contribution in [2.45, 2.75) is 51.4 Å². The van der Waals surface area contributed by atoms with Gasteiger partial charge in [0.25, 0.3) is 0 Å². The van der Waals surface area contributed by atoms with E-state index in [1.165, 1.54) is 4.90 Å². The SMILES string of the molecule is NC(=S)CCCN1C(=O)CC2(CCCC2)CC1=O. The molecule has 0 bridgehead atoms. The first-order chi connectivity index (χ1) is 8.52. The van der Waals surface area contributed by atoms with E-state index in [1.54, 1.807) is 0 Å². The zero-order chi connectivity index (χ0) is 13.2. The van der Waals surface area contributed by atoms with Gasteiger partial charge in [-0.25, -0.2) is 0 Å². The summed E-state index contributed by atoms with van der Waals surface area (Å²) < 4.78 is 0. The molecule has 5 heteroatoms. The molecule has 1 saturated carbocycles. The number of hydrogen-bond acceptors (Lipinski definition) is 3. The molecule has 0 unspecified atom stereocenters. The van der Waals surface area contributed by atoms with Crippen molar-refractivity contribution in [1.29, 1.82) is 0 Å². The number of carbonyl (C=O) groups excluding carboxylic acids is 2. The number of amides is 2. The summed E-state index contributed by atoms with van der Waals surface area (Å²) in [6.07, 6.45) is 6.75. The summed E-state index contributed by atoms with van der Waals surface area (Å²) in [5.41, 5.74) is 5.41. The molecule has 0 aromatic heterocycles. The van der Waals surface area contributed by atoms with Gasteiger partial charge in [0.2, 0.25) is 11.8 Å². The van der Waals surface area contributed by atoms with Crippen LogP contribution in [0.1, 0.15) is 51.4 Å². The molecular formula is C13H20N2O2S. The highest BCUT2D eigenvalue weighted by atomic mass is 32.1. The predicted molar refractivity (Wildman–Crippen MR) is 72.9 cm³/mol. The minimum atomic E-state index is -0.00612. The van der Waals surface area contributed by atoms with Crippen molar-refractivity contribution in [3.8, 4) is 0 Å². The molecule has 1 spiro atoms. The lowest BCUT2D eigenvalue weighted by atomic mass is 9.76. The number of nitrogens with two attached hydrogens (primary N) is 1. The second-order valence-electron chi connectivity index (χ2n) is 5.57. The van der Waals surface area contributed by atoms with Gasteiger partial charge in [0.1, 0.15) is 0 Å². The van der Waals surface area contributed by atoms with E-state index in [4.69, 9.17) is 18.0 Å². The summed E-state index contributed by atoms with van der Waals surface area (Å²) in [5.74, 6) is -0.00724. The van der Waals surface area contributed by atoms with Crippen molar-refractivity contribution >= 4 is 29.0 Å². The number of nitrogens with zero attached hydrogens (tertiary/aromatic N) is 1. The van der Waals surface area contributed by atoms with E-state index in [0.717, 1.165) is 25.7 Å². The highest BCUT2D eigenvalue weighted by molar-refractivity contribution is 7.80. The summed E-state index contributed by atoms with van der Waals surface area (Å²) >= 11 is 4.79. The number of hydrogen-bond donors (Lipinski definition) is 1. The molecular weight excluding hydrogens is 248 g/mol. The van der Waals surface area contributed by atoms with Crippen LogP contribution in [-0.4, -0.2) is 28.2 Å². The summed E-state index contributed by atoms with van der Waals surface area (Å²) in [7, 11) is 0. The van der Waals surface area contributed by atoms with Crippen LogP contribution in [0.4, 0.5) is 0 Å². The lowest BCUT2D eigenvalue weighted by Crippen LogP contribution is -2.47. The van der Waals surface area contributed by atoms with Crippen LogP contribution in [0.25, 0.3) is 0 Å². The third kappa shape index (κ3) is 2.88. The van der Waals surface area contributed by atoms with Crippen molar-refractivity contribution in [2.75, 3.05) is 6.54 Å². The summed E-state index contributed by atoms with van der Waals surface area (Å²) in [6.45, 7) is 0.463. The molecule has 0 radical (unpaired) electrons. The van der Waals surface area contributed by atoms with Crippen molar-refractivity contribution in [2.24, 2.45) is 11.1 Å². The number of likely N-dealkylation sites (tertiary alicyclic amines) is 1. The lowest BCUT2D eigenvalue weighted by molar-refractivity contribution is -0.153. The monoisotopic (exact) mass is 268 g/mol. The maximum absolute atomic E-state index is 12.1. The lowest BCUT2D eigenvalue weighted by Gasteiger charge is -2.37. The molecule has 1 heterocycles. The Labute approximate surface area is 113 Å². The molecule has 2 fully saturated rings. The first-order valence-corrected chi connectivity index (χ1v) is 7.05. The van der Waals surface area contributed by atoms with Gasteiger partial charge >= 0.3 is 0 Å². The van der Waals surface area contributed by atoms with Gasteiger partial charge in [-0.2, -0.15) is 0 Å². The number of imide groups is 1. The smallest absolute Gasteiger partial charge is 0.229 e. The Morgan fingerprint density at radius 2 is 1.78 bits per heavy atom. The highest BCUT2D eigenvalue weighted by Gasteiger charge is 2.44. The zero-order valence-corrected chi connectivity index (χ0v) is 11.4. The molecule has 2 amide bonds. The average molecular weight is 268 g/mol. The Morgan fingerprint density at radius 3 is 2.28 bits per heavy atom. The maximum Gasteiger partial charge on any atom is 0.229 e. The fourth-order valence-corrected chi connectivity index (χ4v) is 3.32. The molecule has 1 aliphatic heterocycles. The van der Waals surface area contributed by atoms with Gasteiger partial charge in [-0.1, -0.05) is 25.1 Å². The van der Waals surface area contributed by atoms with E-state index in [-0.39, 0.29) is 17.2 Å². The van der Waals surface area contributed by atoms with E-state index in [2.05, 4.69) is 0 Å². The number of carbonyl (C=O) groups is 2. The highest BCUT2D eigenvalue weighted by Crippen LogP contribution is 2.46. The van der Waals surface area contributed by atoms with Crippen LogP contribution in [0.3, 0.4) is 0 Å². The van der Waals surface area contributed by atoms with Gasteiger partial charge in [0.15, 0.2) is 0 Å². The Balaban J connectivity index is 1.92. The normalized spacial score (nSPS) is 22.8. The Hall–Kier alpha value is -0.970. The molecule has 1 saturated heterocycles. The molecule has 18 heavy (non-hydrogen) atoms. The first kappa shape index (κ1) is 13.5. The van der Waals surface area contributed by atoms with Gasteiger partial charge in [-0.05, 0) is 31.1 Å². The quantitative estimate of drug-likeness (QED) is 0.623. The predicted octanol–water partition coefficient (Wildman–Crippen LogP) is 1.76. The second-order valence-corrected chi connectivity index (χ2v) is 6.09. The zero-order valence-electron chi connectivity index (χ0n) is 10.6. The van der Waals surface area contributed by atoms with Gasteiger partial charge in [0.05, 0.1) is 4.99 Å².